The van der Waals surface area contributed by atoms with E-state index in [1.165, 1.54) is 31.4 Å². The van der Waals surface area contributed by atoms with Crippen molar-refractivity contribution in [1.29, 1.82) is 0 Å². The molecule has 3 aliphatic rings. The number of benzene rings is 2. The third-order valence-corrected chi connectivity index (χ3v) is 7.27. The lowest BCUT2D eigenvalue weighted by molar-refractivity contribution is -0.0348. The Morgan fingerprint density at radius 3 is 2.76 bits per heavy atom. The maximum absolute atomic E-state index is 14.2. The number of halogens is 1. The number of methoxy groups -OCH3 is 1. The summed E-state index contributed by atoms with van der Waals surface area (Å²) in [5.74, 6) is -0.972. The number of nitrogens with zero attached hydrogens (tertiary/aromatic N) is 1. The molecule has 2 saturated carbocycles. The highest BCUT2D eigenvalue weighted by molar-refractivity contribution is 7.81. The zero-order chi connectivity index (χ0) is 23.3. The monoisotopic (exact) mass is 476 g/mol. The van der Waals surface area contributed by atoms with E-state index < -0.39 is 23.1 Å². The van der Waals surface area contributed by atoms with Gasteiger partial charge in [0.05, 0.1) is 35.9 Å². The molecule has 0 saturated heterocycles. The van der Waals surface area contributed by atoms with E-state index in [2.05, 4.69) is 0 Å². The van der Waals surface area contributed by atoms with Gasteiger partial charge in [-0.2, -0.15) is 0 Å². The van der Waals surface area contributed by atoms with Gasteiger partial charge in [0, 0.05) is 13.0 Å². The molecule has 2 aliphatic carbocycles. The van der Waals surface area contributed by atoms with Crippen LogP contribution in [0.25, 0.3) is 0 Å². The number of anilines is 2. The summed E-state index contributed by atoms with van der Waals surface area (Å²) in [6.07, 6.45) is 1.63. The average Bonchev–Trinajstić information content (AvgIpc) is 3.69. The third-order valence-electron chi connectivity index (χ3n) is 6.58. The molecule has 10 heteroatoms. The minimum absolute atomic E-state index is 0.0330. The highest BCUT2D eigenvalue weighted by Gasteiger charge is 2.46. The lowest BCUT2D eigenvalue weighted by atomic mass is 9.99. The molecule has 0 aromatic heterocycles. The molecule has 1 aliphatic heterocycles. The van der Waals surface area contributed by atoms with Crippen LogP contribution in [0.2, 0.25) is 0 Å². The van der Waals surface area contributed by atoms with Gasteiger partial charge >= 0.3 is 5.97 Å². The van der Waals surface area contributed by atoms with Crippen molar-refractivity contribution in [1.82, 2.24) is 0 Å². The lowest BCUT2D eigenvalue weighted by Crippen LogP contribution is -2.25. The maximum Gasteiger partial charge on any atom is 0.341 e. The minimum atomic E-state index is -2.86. The third kappa shape index (κ3) is 4.12. The SMILES string of the molecule is COCOCC1CC1c1cc(F)ccc1N(c1ccc2c(c1C(=O)O)OC[C@@H]1C[C@H]21)S(=O)[O-]. The van der Waals surface area contributed by atoms with Crippen molar-refractivity contribution in [2.24, 2.45) is 11.8 Å². The summed E-state index contributed by atoms with van der Waals surface area (Å²) >= 11 is -2.86. The van der Waals surface area contributed by atoms with Crippen molar-refractivity contribution in [3.05, 3.63) is 52.8 Å². The highest BCUT2D eigenvalue weighted by Crippen LogP contribution is 2.56. The number of carboxylic acid groups (broad SMARTS) is 1. The Labute approximate surface area is 192 Å². The minimum Gasteiger partial charge on any atom is -0.755 e. The molecule has 5 atom stereocenters. The molecule has 8 nitrogen and oxygen atoms in total. The van der Waals surface area contributed by atoms with E-state index in [4.69, 9.17) is 14.2 Å². The largest absolute Gasteiger partial charge is 0.755 e. The Morgan fingerprint density at radius 2 is 2.03 bits per heavy atom. The summed E-state index contributed by atoms with van der Waals surface area (Å²) in [6.45, 7) is 0.939. The number of fused-ring (bicyclic) bond motifs is 3. The van der Waals surface area contributed by atoms with Crippen molar-refractivity contribution < 1.29 is 37.3 Å². The molecular formula is C23H23FNO7S-. The van der Waals surface area contributed by atoms with Crippen LogP contribution in [0, 0.1) is 17.7 Å². The Morgan fingerprint density at radius 1 is 1.24 bits per heavy atom. The van der Waals surface area contributed by atoms with Crippen LogP contribution in [0.5, 0.6) is 5.75 Å². The van der Waals surface area contributed by atoms with Crippen molar-refractivity contribution >= 4 is 28.6 Å². The topological polar surface area (TPSA) is 108 Å². The van der Waals surface area contributed by atoms with E-state index >= 15 is 0 Å². The fraction of sp³-hybridized carbons (Fsp3) is 0.435. The zero-order valence-electron chi connectivity index (χ0n) is 17.9. The first-order chi connectivity index (χ1) is 15.9. The van der Waals surface area contributed by atoms with Crippen LogP contribution in [0.1, 0.15) is 46.2 Å². The van der Waals surface area contributed by atoms with Crippen molar-refractivity contribution in [2.45, 2.75) is 24.7 Å². The van der Waals surface area contributed by atoms with Gasteiger partial charge in [0.15, 0.2) is 0 Å². The molecule has 33 heavy (non-hydrogen) atoms. The van der Waals surface area contributed by atoms with Gasteiger partial charge in [-0.05, 0) is 66.0 Å². The molecule has 2 aromatic carbocycles. The van der Waals surface area contributed by atoms with Crippen molar-refractivity contribution in [2.75, 3.05) is 31.4 Å². The standard InChI is InChI=1S/C23H24FNO7S/c1-30-11-31-9-12-6-17(12)18-8-14(24)2-4-19(18)25(33(28)29)20-5-3-15-16-7-13(16)10-32-22(15)21(20)23(26)27/h2-5,8,12-13,16-17H,6-7,9-11H2,1H3,(H,26,27)(H,28,29)/p-1/t12?,13-,16-,17?/m0/s1. The van der Waals surface area contributed by atoms with Crippen LogP contribution in [0.4, 0.5) is 15.8 Å². The summed E-state index contributed by atoms with van der Waals surface area (Å²) < 4.78 is 56.0. The number of carboxylic acids is 1. The smallest absolute Gasteiger partial charge is 0.341 e. The molecule has 0 bridgehead atoms. The first-order valence-electron chi connectivity index (χ1n) is 10.7. The summed E-state index contributed by atoms with van der Waals surface area (Å²) in [4.78, 5) is 12.3. The van der Waals surface area contributed by atoms with Gasteiger partial charge in [0.25, 0.3) is 0 Å². The summed E-state index contributed by atoms with van der Waals surface area (Å²) in [5, 5.41) is 10.0. The fourth-order valence-electron chi connectivity index (χ4n) is 4.81. The molecule has 1 N–H and O–H groups in total. The summed E-state index contributed by atoms with van der Waals surface area (Å²) in [6, 6.07) is 7.08. The first kappa shape index (κ1) is 22.3. The molecule has 3 unspecified atom stereocenters. The Bertz CT molecular complexity index is 1130. The van der Waals surface area contributed by atoms with Gasteiger partial charge in [-0.25, -0.2) is 9.18 Å². The van der Waals surface area contributed by atoms with Crippen LogP contribution in [0.15, 0.2) is 30.3 Å². The van der Waals surface area contributed by atoms with E-state index in [9.17, 15) is 23.1 Å². The maximum atomic E-state index is 14.2. The van der Waals surface area contributed by atoms with Crippen LogP contribution >= 0.6 is 0 Å². The van der Waals surface area contributed by atoms with E-state index in [1.54, 1.807) is 6.07 Å². The highest BCUT2D eigenvalue weighted by atomic mass is 32.2. The molecule has 2 aromatic rings. The quantitative estimate of drug-likeness (QED) is 0.334. The van der Waals surface area contributed by atoms with E-state index in [1.807, 2.05) is 0 Å². The van der Waals surface area contributed by atoms with E-state index in [0.717, 1.165) is 16.3 Å². The number of ether oxygens (including phenoxy) is 3. The second-order valence-electron chi connectivity index (χ2n) is 8.69. The molecular weight excluding hydrogens is 453 g/mol. The van der Waals surface area contributed by atoms with Gasteiger partial charge < -0.3 is 23.9 Å². The zero-order valence-corrected chi connectivity index (χ0v) is 18.7. The van der Waals surface area contributed by atoms with Crippen LogP contribution < -0.4 is 9.04 Å². The number of hydrogen-bond donors (Lipinski definition) is 1. The molecule has 5 rings (SSSR count). The number of rotatable bonds is 9. The van der Waals surface area contributed by atoms with Crippen LogP contribution in [0.3, 0.4) is 0 Å². The van der Waals surface area contributed by atoms with Crippen molar-refractivity contribution in [3.63, 3.8) is 0 Å². The molecule has 176 valence electrons. The molecule has 0 amide bonds. The van der Waals surface area contributed by atoms with Crippen LogP contribution in [-0.4, -0.2) is 47.0 Å². The van der Waals surface area contributed by atoms with Crippen molar-refractivity contribution in [3.8, 4) is 5.75 Å². The Balaban J connectivity index is 1.56. The Kier molecular flexibility index (Phi) is 5.86. The van der Waals surface area contributed by atoms with Gasteiger partial charge in [-0.1, -0.05) is 6.07 Å². The fourth-order valence-corrected chi connectivity index (χ4v) is 5.45. The summed E-state index contributed by atoms with van der Waals surface area (Å²) in [5.41, 5.74) is 1.26. The second-order valence-corrected chi connectivity index (χ2v) is 9.49. The molecule has 2 fully saturated rings. The van der Waals surface area contributed by atoms with Gasteiger partial charge in [-0.3, -0.25) is 8.51 Å². The average molecular weight is 477 g/mol. The predicted molar refractivity (Wildman–Crippen MR) is 116 cm³/mol. The molecule has 0 radical (unpaired) electrons. The predicted octanol–water partition coefficient (Wildman–Crippen LogP) is 3.68. The Hall–Kier alpha value is -2.53. The number of aromatic carboxylic acids is 1. The van der Waals surface area contributed by atoms with E-state index in [-0.39, 0.29) is 47.2 Å². The number of carbonyl (C=O) groups is 1. The van der Waals surface area contributed by atoms with Gasteiger partial charge in [0.1, 0.15) is 23.9 Å². The van der Waals surface area contributed by atoms with E-state index in [0.29, 0.717) is 31.1 Å². The number of hydrogen-bond acceptors (Lipinski definition) is 6. The second kappa shape index (κ2) is 8.68. The molecule has 0 spiro atoms. The lowest BCUT2D eigenvalue weighted by Gasteiger charge is -2.31. The normalized spacial score (nSPS) is 25.4. The summed E-state index contributed by atoms with van der Waals surface area (Å²) in [7, 11) is 1.52. The first-order valence-corrected chi connectivity index (χ1v) is 11.7. The van der Waals surface area contributed by atoms with Gasteiger partial charge in [-0.15, -0.1) is 0 Å². The molecule has 1 heterocycles. The van der Waals surface area contributed by atoms with Gasteiger partial charge in [0.2, 0.25) is 0 Å². The van der Waals surface area contributed by atoms with Crippen LogP contribution in [-0.2, 0) is 20.7 Å².